The minimum atomic E-state index is -3.15. The van der Waals surface area contributed by atoms with Gasteiger partial charge in [-0.15, -0.1) is 11.3 Å². The first kappa shape index (κ1) is 15.9. The monoisotopic (exact) mass is 344 g/mol. The molecule has 1 aromatic heterocycles. The Morgan fingerprint density at radius 3 is 2.64 bits per heavy atom. The number of hydrogen-bond acceptors (Lipinski definition) is 5. The summed E-state index contributed by atoms with van der Waals surface area (Å²) in [5, 5.41) is 1.90. The van der Waals surface area contributed by atoms with Gasteiger partial charge in [0, 0.05) is 19.6 Å². The predicted molar refractivity (Wildman–Crippen MR) is 84.6 cm³/mol. The van der Waals surface area contributed by atoms with Crippen LogP contribution in [-0.4, -0.2) is 68.2 Å². The summed E-state index contributed by atoms with van der Waals surface area (Å²) in [6, 6.07) is 3.71. The normalized spacial score (nSPS) is 22.9. The number of amides is 1. The standard InChI is InChI=1S/C14H20N2O4S2/c1-22(18,19)16-6-4-14(5-7-16)11-15(8-9-20-14)13(17)12-3-2-10-21-12/h2-3,10H,4-9,11H2,1H3. The van der Waals surface area contributed by atoms with Crippen molar-refractivity contribution in [3.8, 4) is 0 Å². The molecule has 1 spiro atoms. The lowest BCUT2D eigenvalue weighted by molar-refractivity contribution is -0.120. The molecule has 0 aliphatic carbocycles. The number of ether oxygens (including phenoxy) is 1. The molecule has 6 nitrogen and oxygen atoms in total. The zero-order chi connectivity index (χ0) is 15.8. The van der Waals surface area contributed by atoms with E-state index in [1.54, 1.807) is 0 Å². The van der Waals surface area contributed by atoms with E-state index in [0.29, 0.717) is 45.6 Å². The summed E-state index contributed by atoms with van der Waals surface area (Å²) >= 11 is 1.44. The van der Waals surface area contributed by atoms with Crippen molar-refractivity contribution in [2.45, 2.75) is 18.4 Å². The van der Waals surface area contributed by atoms with Gasteiger partial charge in [-0.05, 0) is 24.3 Å². The highest BCUT2D eigenvalue weighted by Crippen LogP contribution is 2.31. The molecular weight excluding hydrogens is 324 g/mol. The average Bonchev–Trinajstić information content (AvgIpc) is 3.00. The highest BCUT2D eigenvalue weighted by molar-refractivity contribution is 7.88. The molecule has 3 heterocycles. The fraction of sp³-hybridized carbons (Fsp3) is 0.643. The molecule has 0 N–H and O–H groups in total. The van der Waals surface area contributed by atoms with Crippen molar-refractivity contribution < 1.29 is 17.9 Å². The summed E-state index contributed by atoms with van der Waals surface area (Å²) in [6.07, 6.45) is 2.50. The van der Waals surface area contributed by atoms with Crippen LogP contribution in [0.5, 0.6) is 0 Å². The summed E-state index contributed by atoms with van der Waals surface area (Å²) in [5.41, 5.74) is -0.396. The molecule has 1 amide bonds. The van der Waals surface area contributed by atoms with Gasteiger partial charge in [0.25, 0.3) is 5.91 Å². The second-order valence-corrected chi connectivity index (χ2v) is 8.83. The maximum atomic E-state index is 12.5. The Kier molecular flexibility index (Phi) is 4.28. The third kappa shape index (κ3) is 3.19. The van der Waals surface area contributed by atoms with Gasteiger partial charge < -0.3 is 9.64 Å². The number of hydrogen-bond donors (Lipinski definition) is 0. The van der Waals surface area contributed by atoms with Gasteiger partial charge in [0.05, 0.1) is 29.9 Å². The van der Waals surface area contributed by atoms with E-state index in [1.165, 1.54) is 21.9 Å². The lowest BCUT2D eigenvalue weighted by Gasteiger charge is -2.46. The number of nitrogens with zero attached hydrogens (tertiary/aromatic N) is 2. The molecule has 22 heavy (non-hydrogen) atoms. The minimum absolute atomic E-state index is 0.0446. The number of carbonyl (C=O) groups is 1. The van der Waals surface area contributed by atoms with E-state index in [4.69, 9.17) is 4.74 Å². The number of thiophene rings is 1. The number of rotatable bonds is 2. The van der Waals surface area contributed by atoms with E-state index in [1.807, 2.05) is 22.4 Å². The highest BCUT2D eigenvalue weighted by atomic mass is 32.2. The Morgan fingerprint density at radius 1 is 1.32 bits per heavy atom. The average molecular weight is 344 g/mol. The quantitative estimate of drug-likeness (QED) is 0.803. The third-order valence-electron chi connectivity index (χ3n) is 4.37. The lowest BCUT2D eigenvalue weighted by Crippen LogP contribution is -2.58. The second-order valence-electron chi connectivity index (χ2n) is 5.90. The van der Waals surface area contributed by atoms with Crippen LogP contribution in [0.1, 0.15) is 22.5 Å². The number of morpholine rings is 1. The molecule has 2 saturated heterocycles. The molecule has 1 aromatic rings. The summed E-state index contributed by atoms with van der Waals surface area (Å²) in [4.78, 5) is 15.1. The molecule has 122 valence electrons. The van der Waals surface area contributed by atoms with Crippen LogP contribution >= 0.6 is 11.3 Å². The predicted octanol–water partition coefficient (Wildman–Crippen LogP) is 1.01. The van der Waals surface area contributed by atoms with Crippen molar-refractivity contribution in [3.63, 3.8) is 0 Å². The molecule has 2 fully saturated rings. The Bertz CT molecular complexity index is 634. The van der Waals surface area contributed by atoms with Gasteiger partial charge in [0.2, 0.25) is 10.0 Å². The van der Waals surface area contributed by atoms with Crippen molar-refractivity contribution in [1.82, 2.24) is 9.21 Å². The smallest absolute Gasteiger partial charge is 0.264 e. The number of carbonyl (C=O) groups excluding carboxylic acids is 1. The van der Waals surface area contributed by atoms with Gasteiger partial charge >= 0.3 is 0 Å². The molecule has 0 bridgehead atoms. The summed E-state index contributed by atoms with van der Waals surface area (Å²) in [5.74, 6) is 0.0446. The molecule has 3 rings (SSSR count). The molecule has 2 aliphatic heterocycles. The summed E-state index contributed by atoms with van der Waals surface area (Å²) < 4.78 is 30.7. The van der Waals surface area contributed by atoms with Crippen molar-refractivity contribution in [2.75, 3.05) is 39.0 Å². The van der Waals surface area contributed by atoms with Crippen LogP contribution < -0.4 is 0 Å². The fourth-order valence-corrected chi connectivity index (χ4v) is 4.64. The second kappa shape index (κ2) is 5.92. The molecule has 0 radical (unpaired) electrons. The first-order chi connectivity index (χ1) is 10.4. The maximum absolute atomic E-state index is 12.5. The Balaban J connectivity index is 1.68. The van der Waals surface area contributed by atoms with Crippen LogP contribution in [-0.2, 0) is 14.8 Å². The molecular formula is C14H20N2O4S2. The lowest BCUT2D eigenvalue weighted by atomic mass is 9.90. The van der Waals surface area contributed by atoms with E-state index in [9.17, 15) is 13.2 Å². The van der Waals surface area contributed by atoms with Crippen LogP contribution in [0.25, 0.3) is 0 Å². The zero-order valence-electron chi connectivity index (χ0n) is 12.5. The SMILES string of the molecule is CS(=O)(=O)N1CCC2(CC1)CN(C(=O)c1cccs1)CCO2. The molecule has 0 unspecified atom stereocenters. The first-order valence-corrected chi connectivity index (χ1v) is 10.0. The summed E-state index contributed by atoms with van der Waals surface area (Å²) in [7, 11) is -3.15. The molecule has 0 atom stereocenters. The van der Waals surface area contributed by atoms with E-state index in [-0.39, 0.29) is 5.91 Å². The van der Waals surface area contributed by atoms with Crippen molar-refractivity contribution >= 4 is 27.3 Å². The minimum Gasteiger partial charge on any atom is -0.371 e. The largest absolute Gasteiger partial charge is 0.371 e. The van der Waals surface area contributed by atoms with Gasteiger partial charge in [-0.2, -0.15) is 0 Å². The van der Waals surface area contributed by atoms with E-state index in [0.717, 1.165) is 4.88 Å². The first-order valence-electron chi connectivity index (χ1n) is 7.32. The molecule has 2 aliphatic rings. The van der Waals surface area contributed by atoms with E-state index < -0.39 is 15.6 Å². The van der Waals surface area contributed by atoms with Gasteiger partial charge in [0.1, 0.15) is 0 Å². The van der Waals surface area contributed by atoms with Gasteiger partial charge in [0.15, 0.2) is 0 Å². The number of piperidine rings is 1. The third-order valence-corrected chi connectivity index (χ3v) is 6.53. The summed E-state index contributed by atoms with van der Waals surface area (Å²) in [6.45, 7) is 2.56. The topological polar surface area (TPSA) is 66.9 Å². The zero-order valence-corrected chi connectivity index (χ0v) is 14.2. The van der Waals surface area contributed by atoms with Gasteiger partial charge in [-0.25, -0.2) is 12.7 Å². The van der Waals surface area contributed by atoms with Gasteiger partial charge in [-0.3, -0.25) is 4.79 Å². The Hall–Kier alpha value is -0.960. The highest BCUT2D eigenvalue weighted by Gasteiger charge is 2.42. The van der Waals surface area contributed by atoms with E-state index >= 15 is 0 Å². The van der Waals surface area contributed by atoms with Crippen molar-refractivity contribution in [2.24, 2.45) is 0 Å². The molecule has 0 aromatic carbocycles. The maximum Gasteiger partial charge on any atom is 0.264 e. The van der Waals surface area contributed by atoms with Crippen LogP contribution in [0.15, 0.2) is 17.5 Å². The van der Waals surface area contributed by atoms with Crippen LogP contribution in [0.2, 0.25) is 0 Å². The molecule has 0 saturated carbocycles. The Labute approximate surface area is 134 Å². The van der Waals surface area contributed by atoms with Crippen molar-refractivity contribution in [1.29, 1.82) is 0 Å². The van der Waals surface area contributed by atoms with Crippen LogP contribution in [0.4, 0.5) is 0 Å². The fourth-order valence-electron chi connectivity index (χ4n) is 3.10. The number of sulfonamides is 1. The molecule has 8 heteroatoms. The van der Waals surface area contributed by atoms with Crippen LogP contribution in [0, 0.1) is 0 Å². The van der Waals surface area contributed by atoms with Crippen LogP contribution in [0.3, 0.4) is 0 Å². The van der Waals surface area contributed by atoms with Gasteiger partial charge in [-0.1, -0.05) is 6.07 Å². The van der Waals surface area contributed by atoms with Crippen molar-refractivity contribution in [3.05, 3.63) is 22.4 Å². The Morgan fingerprint density at radius 2 is 2.05 bits per heavy atom. The van der Waals surface area contributed by atoms with E-state index in [2.05, 4.69) is 0 Å².